The number of benzene rings is 2. The van der Waals surface area contributed by atoms with Crippen LogP contribution in [0.25, 0.3) is 0 Å². The molecular weight excluding hydrogens is 484 g/mol. The highest BCUT2D eigenvalue weighted by Crippen LogP contribution is 2.35. The highest BCUT2D eigenvalue weighted by atomic mass is 16.7. The van der Waals surface area contributed by atoms with Crippen LogP contribution in [0.1, 0.15) is 35.4 Å². The number of carbonyl (C=O) groups is 3. The van der Waals surface area contributed by atoms with Gasteiger partial charge in [0.25, 0.3) is 0 Å². The lowest BCUT2D eigenvalue weighted by atomic mass is 9.95. The summed E-state index contributed by atoms with van der Waals surface area (Å²) < 4.78 is 17.0. The molecule has 1 N–H and O–H groups in total. The van der Waals surface area contributed by atoms with Gasteiger partial charge in [-0.1, -0.05) is 72.3 Å². The first-order valence-corrected chi connectivity index (χ1v) is 12.8. The van der Waals surface area contributed by atoms with E-state index in [2.05, 4.69) is 24.0 Å². The molecule has 1 spiro atoms. The predicted molar refractivity (Wildman–Crippen MR) is 142 cm³/mol. The number of aryl methyl sites for hydroxylation is 1. The first-order chi connectivity index (χ1) is 18.4. The molecule has 2 atom stereocenters. The van der Waals surface area contributed by atoms with Crippen LogP contribution in [-0.4, -0.2) is 60.8 Å². The van der Waals surface area contributed by atoms with Gasteiger partial charge >= 0.3 is 5.97 Å². The molecule has 8 heteroatoms. The van der Waals surface area contributed by atoms with Crippen molar-refractivity contribution >= 4 is 17.8 Å². The van der Waals surface area contributed by atoms with Gasteiger partial charge in [0.1, 0.15) is 12.6 Å². The molecule has 0 aliphatic carbocycles. The van der Waals surface area contributed by atoms with Gasteiger partial charge in [-0.3, -0.25) is 9.59 Å². The highest BCUT2D eigenvalue weighted by Gasteiger charge is 2.53. The minimum absolute atomic E-state index is 0.0798. The molecule has 2 aromatic rings. The molecule has 1 unspecified atom stereocenters. The zero-order valence-corrected chi connectivity index (χ0v) is 21.6. The second kappa shape index (κ2) is 12.7. The maximum Gasteiger partial charge on any atom is 0.329 e. The average molecular weight is 519 g/mol. The van der Waals surface area contributed by atoms with Crippen molar-refractivity contribution in [3.05, 3.63) is 96.1 Å². The van der Waals surface area contributed by atoms with Crippen LogP contribution in [0.5, 0.6) is 0 Å². The second-order valence-corrected chi connectivity index (χ2v) is 9.55. The molecule has 2 amide bonds. The van der Waals surface area contributed by atoms with E-state index >= 15 is 0 Å². The summed E-state index contributed by atoms with van der Waals surface area (Å²) in [6, 6.07) is 16.7. The molecule has 4 rings (SSSR count). The Morgan fingerprint density at radius 2 is 1.84 bits per heavy atom. The molecule has 200 valence electrons. The van der Waals surface area contributed by atoms with Crippen molar-refractivity contribution in [2.24, 2.45) is 0 Å². The molecule has 0 saturated carbocycles. The largest absolute Gasteiger partial charge is 0.459 e. The summed E-state index contributed by atoms with van der Waals surface area (Å²) in [7, 11) is 0. The molecule has 0 radical (unpaired) electrons. The lowest BCUT2D eigenvalue weighted by molar-refractivity contribution is -0.155. The molecule has 0 aromatic heterocycles. The Kier molecular flexibility index (Phi) is 9.10. The van der Waals surface area contributed by atoms with Gasteiger partial charge in [0.15, 0.2) is 5.79 Å². The molecular formula is C30H34N2O6. The summed E-state index contributed by atoms with van der Waals surface area (Å²) in [6.45, 7) is 6.65. The number of rotatable bonds is 10. The number of ether oxygens (including phenoxy) is 3. The Balaban J connectivity index is 1.31. The molecule has 2 fully saturated rings. The molecule has 8 nitrogen and oxygen atoms in total. The van der Waals surface area contributed by atoms with E-state index in [1.165, 1.54) is 16.5 Å². The molecule has 2 aromatic carbocycles. The maximum atomic E-state index is 13.1. The number of likely N-dealkylation sites (tertiary alicyclic amines) is 1. The summed E-state index contributed by atoms with van der Waals surface area (Å²) in [5.41, 5.74) is 3.15. The molecule has 0 bridgehead atoms. The van der Waals surface area contributed by atoms with Crippen LogP contribution >= 0.6 is 0 Å². The molecule has 38 heavy (non-hydrogen) atoms. The Bertz CT molecular complexity index is 1160. The van der Waals surface area contributed by atoms with Crippen LogP contribution in [0.15, 0.2) is 79.4 Å². The smallest absolute Gasteiger partial charge is 0.329 e. The zero-order chi connectivity index (χ0) is 27.0. The summed E-state index contributed by atoms with van der Waals surface area (Å²) in [5.74, 6) is -2.28. The van der Waals surface area contributed by atoms with Crippen molar-refractivity contribution in [2.45, 2.75) is 44.1 Å². The predicted octanol–water partition coefficient (Wildman–Crippen LogP) is 3.41. The Labute approximate surface area is 223 Å². The number of esters is 1. The van der Waals surface area contributed by atoms with E-state index in [-0.39, 0.29) is 32.0 Å². The second-order valence-electron chi connectivity index (χ2n) is 9.55. The van der Waals surface area contributed by atoms with Crippen LogP contribution in [0.4, 0.5) is 0 Å². The van der Waals surface area contributed by atoms with Crippen LogP contribution < -0.4 is 5.32 Å². The van der Waals surface area contributed by atoms with E-state index in [0.717, 1.165) is 11.1 Å². The average Bonchev–Trinajstić information content (AvgIpc) is 3.56. The fourth-order valence-electron chi connectivity index (χ4n) is 4.67. The van der Waals surface area contributed by atoms with Crippen molar-refractivity contribution in [3.8, 4) is 0 Å². The lowest BCUT2D eigenvalue weighted by Crippen LogP contribution is -2.46. The zero-order valence-electron chi connectivity index (χ0n) is 21.6. The number of allylic oxidation sites excluding steroid dienone is 2. The lowest BCUT2D eigenvalue weighted by Gasteiger charge is -2.23. The third-order valence-electron chi connectivity index (χ3n) is 6.78. The molecule has 2 heterocycles. The Morgan fingerprint density at radius 3 is 2.53 bits per heavy atom. The molecule has 2 saturated heterocycles. The number of nitrogens with zero attached hydrogens (tertiary/aromatic N) is 1. The van der Waals surface area contributed by atoms with E-state index < -0.39 is 29.6 Å². The van der Waals surface area contributed by atoms with Crippen LogP contribution in [0, 0.1) is 6.92 Å². The van der Waals surface area contributed by atoms with E-state index in [9.17, 15) is 14.4 Å². The van der Waals surface area contributed by atoms with Crippen molar-refractivity contribution in [3.63, 3.8) is 0 Å². The third-order valence-corrected chi connectivity index (χ3v) is 6.78. The minimum atomic E-state index is -1.02. The van der Waals surface area contributed by atoms with E-state index in [1.807, 2.05) is 55.5 Å². The van der Waals surface area contributed by atoms with Gasteiger partial charge in [-0.25, -0.2) is 4.79 Å². The van der Waals surface area contributed by atoms with Crippen molar-refractivity contribution in [2.75, 3.05) is 26.3 Å². The number of carbonyl (C=O) groups excluding carboxylic acids is 3. The maximum absolute atomic E-state index is 13.1. The van der Waals surface area contributed by atoms with E-state index in [4.69, 9.17) is 14.2 Å². The molecule has 2 aliphatic heterocycles. The number of amides is 2. The summed E-state index contributed by atoms with van der Waals surface area (Å²) in [4.78, 5) is 39.8. The van der Waals surface area contributed by atoms with Crippen LogP contribution in [-0.2, 0) is 35.2 Å². The SMILES string of the molecule is C=CC(C/C=C/C(=O)NCC(=O)N1CC2(C[C@H]1C(=O)OCc1ccccc1)OCCO2)c1ccc(C)cc1. The van der Waals surface area contributed by atoms with Gasteiger partial charge in [0.05, 0.1) is 26.3 Å². The van der Waals surface area contributed by atoms with Gasteiger partial charge in [-0.05, 0) is 30.5 Å². The summed E-state index contributed by atoms with van der Waals surface area (Å²) >= 11 is 0. The fraction of sp³-hybridized carbons (Fsp3) is 0.367. The standard InChI is InChI=1S/C30H34N2O6/c1-3-24(25-14-12-22(2)13-15-25)10-7-11-27(33)31-19-28(34)32-21-30(37-16-17-38-30)18-26(32)29(35)36-20-23-8-5-4-6-9-23/h3-9,11-15,24,26H,1,10,16-21H2,2H3,(H,31,33)/b11-7+/t24?,26-/m0/s1. The minimum Gasteiger partial charge on any atom is -0.459 e. The van der Waals surface area contributed by atoms with Crippen molar-refractivity contribution < 1.29 is 28.6 Å². The number of hydrogen-bond donors (Lipinski definition) is 1. The van der Waals surface area contributed by atoms with E-state index in [0.29, 0.717) is 19.6 Å². The van der Waals surface area contributed by atoms with Gasteiger partial charge < -0.3 is 24.4 Å². The monoisotopic (exact) mass is 518 g/mol. The summed E-state index contributed by atoms with van der Waals surface area (Å²) in [5, 5.41) is 2.62. The Hall–Kier alpha value is -3.75. The fourth-order valence-corrected chi connectivity index (χ4v) is 4.67. The van der Waals surface area contributed by atoms with Crippen molar-refractivity contribution in [1.82, 2.24) is 10.2 Å². The normalized spacial score (nSPS) is 19.0. The van der Waals surface area contributed by atoms with Gasteiger partial charge in [-0.15, -0.1) is 6.58 Å². The van der Waals surface area contributed by atoms with Gasteiger partial charge in [0.2, 0.25) is 11.8 Å². The number of nitrogens with one attached hydrogen (secondary N) is 1. The topological polar surface area (TPSA) is 94.2 Å². The van der Waals surface area contributed by atoms with E-state index in [1.54, 1.807) is 6.08 Å². The first-order valence-electron chi connectivity index (χ1n) is 12.8. The number of hydrogen-bond acceptors (Lipinski definition) is 6. The molecule has 2 aliphatic rings. The van der Waals surface area contributed by atoms with Crippen LogP contribution in [0.2, 0.25) is 0 Å². The van der Waals surface area contributed by atoms with Gasteiger partial charge in [-0.2, -0.15) is 0 Å². The Morgan fingerprint density at radius 1 is 1.13 bits per heavy atom. The van der Waals surface area contributed by atoms with Crippen LogP contribution in [0.3, 0.4) is 0 Å². The highest BCUT2D eigenvalue weighted by molar-refractivity contribution is 5.92. The van der Waals surface area contributed by atoms with Crippen molar-refractivity contribution in [1.29, 1.82) is 0 Å². The van der Waals surface area contributed by atoms with Gasteiger partial charge in [0, 0.05) is 12.3 Å². The third kappa shape index (κ3) is 6.96. The summed E-state index contributed by atoms with van der Waals surface area (Å²) in [6.07, 6.45) is 5.82. The first kappa shape index (κ1) is 27.3. The quantitative estimate of drug-likeness (QED) is 0.294.